The highest BCUT2D eigenvalue weighted by Gasteiger charge is 2.12. The number of carbonyl (C=O) groups is 1. The first-order valence-corrected chi connectivity index (χ1v) is 7.83. The van der Waals surface area contributed by atoms with Gasteiger partial charge in [0.15, 0.2) is 10.9 Å². The minimum Gasteiger partial charge on any atom is -0.383 e. The summed E-state index contributed by atoms with van der Waals surface area (Å²) in [7, 11) is 1.63. The van der Waals surface area contributed by atoms with Crippen molar-refractivity contribution in [2.45, 2.75) is 11.7 Å². The minimum absolute atomic E-state index is 0.0418. The zero-order valence-corrected chi connectivity index (χ0v) is 13.6. The highest BCUT2D eigenvalue weighted by Crippen LogP contribution is 2.24. The number of carbonyl (C=O) groups excluding carboxylic acids is 1. The van der Waals surface area contributed by atoms with Crippen LogP contribution in [0.5, 0.6) is 0 Å². The third-order valence-electron chi connectivity index (χ3n) is 2.69. The molecule has 0 N–H and O–H groups in total. The van der Waals surface area contributed by atoms with Gasteiger partial charge in [0, 0.05) is 19.2 Å². The Labute approximate surface area is 136 Å². The molecular formula is C13H13Cl2N3O2S. The molecule has 5 nitrogen and oxygen atoms in total. The van der Waals surface area contributed by atoms with Crippen molar-refractivity contribution in [2.24, 2.45) is 0 Å². The van der Waals surface area contributed by atoms with Gasteiger partial charge in [-0.05, 0) is 18.2 Å². The van der Waals surface area contributed by atoms with Crippen molar-refractivity contribution in [3.63, 3.8) is 0 Å². The average Bonchev–Trinajstić information content (AvgIpc) is 2.92. The molecule has 112 valence electrons. The van der Waals surface area contributed by atoms with E-state index in [1.807, 2.05) is 4.57 Å². The van der Waals surface area contributed by atoms with Gasteiger partial charge in [-0.1, -0.05) is 35.0 Å². The van der Waals surface area contributed by atoms with Gasteiger partial charge >= 0.3 is 0 Å². The smallest absolute Gasteiger partial charge is 0.191 e. The van der Waals surface area contributed by atoms with E-state index in [9.17, 15) is 4.79 Å². The monoisotopic (exact) mass is 345 g/mol. The largest absolute Gasteiger partial charge is 0.383 e. The number of halogens is 2. The summed E-state index contributed by atoms with van der Waals surface area (Å²) >= 11 is 13.1. The number of rotatable bonds is 7. The number of Topliss-reactive ketones (excluding diaryl/α,β-unsaturated/α-hetero) is 1. The second kappa shape index (κ2) is 7.79. The van der Waals surface area contributed by atoms with Crippen LogP contribution in [0.2, 0.25) is 10.0 Å². The van der Waals surface area contributed by atoms with E-state index in [1.54, 1.807) is 31.6 Å². The van der Waals surface area contributed by atoms with Crippen molar-refractivity contribution in [1.29, 1.82) is 0 Å². The van der Waals surface area contributed by atoms with Gasteiger partial charge in [0.2, 0.25) is 0 Å². The number of methoxy groups -OCH3 is 1. The molecule has 0 radical (unpaired) electrons. The van der Waals surface area contributed by atoms with E-state index in [-0.39, 0.29) is 11.5 Å². The fourth-order valence-electron chi connectivity index (χ4n) is 1.58. The summed E-state index contributed by atoms with van der Waals surface area (Å²) < 4.78 is 6.85. The third kappa shape index (κ3) is 4.44. The van der Waals surface area contributed by atoms with Crippen LogP contribution in [-0.2, 0) is 11.3 Å². The molecule has 0 amide bonds. The first kappa shape index (κ1) is 16.3. The van der Waals surface area contributed by atoms with Gasteiger partial charge in [-0.3, -0.25) is 4.79 Å². The summed E-state index contributed by atoms with van der Waals surface area (Å²) in [6.07, 6.45) is 1.62. The molecule has 0 atom stereocenters. The van der Waals surface area contributed by atoms with Crippen LogP contribution in [-0.4, -0.2) is 40.0 Å². The Morgan fingerprint density at radius 1 is 1.38 bits per heavy atom. The van der Waals surface area contributed by atoms with Crippen LogP contribution in [0.25, 0.3) is 0 Å². The van der Waals surface area contributed by atoms with Crippen molar-refractivity contribution in [1.82, 2.24) is 14.8 Å². The van der Waals surface area contributed by atoms with E-state index in [0.717, 1.165) is 0 Å². The number of ether oxygens (including phenoxy) is 1. The van der Waals surface area contributed by atoms with Crippen molar-refractivity contribution in [3.8, 4) is 0 Å². The van der Waals surface area contributed by atoms with E-state index in [2.05, 4.69) is 10.2 Å². The molecule has 0 unspecified atom stereocenters. The number of hydrogen-bond donors (Lipinski definition) is 0. The maximum Gasteiger partial charge on any atom is 0.191 e. The standard InChI is InChI=1S/C13H13Cl2N3O2S/c1-20-5-4-18-8-16-17-13(18)21-7-12(19)9-2-3-10(14)11(15)6-9/h2-3,6,8H,4-5,7H2,1H3. The SMILES string of the molecule is COCCn1cnnc1SCC(=O)c1ccc(Cl)c(Cl)c1. The maximum atomic E-state index is 12.1. The van der Waals surface area contributed by atoms with Crippen LogP contribution in [0, 0.1) is 0 Å². The van der Waals surface area contributed by atoms with Gasteiger partial charge < -0.3 is 9.30 Å². The van der Waals surface area contributed by atoms with Crippen molar-refractivity contribution in [2.75, 3.05) is 19.5 Å². The zero-order chi connectivity index (χ0) is 15.2. The minimum atomic E-state index is -0.0418. The molecule has 1 aromatic carbocycles. The lowest BCUT2D eigenvalue weighted by molar-refractivity contribution is 0.102. The molecule has 0 aliphatic carbocycles. The van der Waals surface area contributed by atoms with E-state index in [4.69, 9.17) is 27.9 Å². The second-order valence-electron chi connectivity index (χ2n) is 4.14. The van der Waals surface area contributed by atoms with Crippen LogP contribution < -0.4 is 0 Å². The maximum absolute atomic E-state index is 12.1. The number of ketones is 1. The van der Waals surface area contributed by atoms with Crippen LogP contribution in [0.1, 0.15) is 10.4 Å². The average molecular weight is 346 g/mol. The molecule has 1 heterocycles. The summed E-state index contributed by atoms with van der Waals surface area (Å²) in [6.45, 7) is 1.21. The highest BCUT2D eigenvalue weighted by molar-refractivity contribution is 7.99. The number of thioether (sulfide) groups is 1. The Kier molecular flexibility index (Phi) is 6.05. The molecule has 2 rings (SSSR count). The molecule has 8 heteroatoms. The summed E-state index contributed by atoms with van der Waals surface area (Å²) in [4.78, 5) is 12.1. The Bertz CT molecular complexity index is 634. The Hall–Kier alpha value is -1.08. The van der Waals surface area contributed by atoms with Crippen LogP contribution in [0.15, 0.2) is 29.7 Å². The number of aromatic nitrogens is 3. The lowest BCUT2D eigenvalue weighted by atomic mass is 10.1. The molecule has 21 heavy (non-hydrogen) atoms. The normalized spacial score (nSPS) is 10.8. The molecule has 0 aliphatic rings. The first-order chi connectivity index (χ1) is 10.1. The van der Waals surface area contributed by atoms with Gasteiger partial charge in [-0.25, -0.2) is 0 Å². The molecule has 0 fully saturated rings. The second-order valence-corrected chi connectivity index (χ2v) is 5.90. The Morgan fingerprint density at radius 3 is 2.90 bits per heavy atom. The molecule has 0 aliphatic heterocycles. The van der Waals surface area contributed by atoms with Crippen LogP contribution >= 0.6 is 35.0 Å². The Morgan fingerprint density at radius 2 is 2.19 bits per heavy atom. The molecule has 2 aromatic rings. The quantitative estimate of drug-likeness (QED) is 0.569. The van der Waals surface area contributed by atoms with Gasteiger partial charge in [0.05, 0.1) is 22.4 Å². The lowest BCUT2D eigenvalue weighted by Crippen LogP contribution is -2.07. The molecule has 1 aromatic heterocycles. The third-order valence-corrected chi connectivity index (χ3v) is 4.41. The van der Waals surface area contributed by atoms with Crippen molar-refractivity contribution < 1.29 is 9.53 Å². The summed E-state index contributed by atoms with van der Waals surface area (Å²) in [5, 5.41) is 9.31. The summed E-state index contributed by atoms with van der Waals surface area (Å²) in [5.41, 5.74) is 0.528. The topological polar surface area (TPSA) is 57.0 Å². The number of nitrogens with zero attached hydrogens (tertiary/aromatic N) is 3. The van der Waals surface area contributed by atoms with Crippen LogP contribution in [0.4, 0.5) is 0 Å². The molecule has 0 saturated heterocycles. The Balaban J connectivity index is 1.97. The van der Waals surface area contributed by atoms with E-state index >= 15 is 0 Å². The first-order valence-electron chi connectivity index (χ1n) is 6.09. The van der Waals surface area contributed by atoms with Crippen LogP contribution in [0.3, 0.4) is 0 Å². The van der Waals surface area contributed by atoms with E-state index < -0.39 is 0 Å². The highest BCUT2D eigenvalue weighted by atomic mass is 35.5. The molecule has 0 bridgehead atoms. The molecule has 0 spiro atoms. The van der Waals surface area contributed by atoms with Gasteiger partial charge in [-0.15, -0.1) is 10.2 Å². The summed E-state index contributed by atoms with van der Waals surface area (Å²) in [6, 6.07) is 4.85. The molecular weight excluding hydrogens is 333 g/mol. The van der Waals surface area contributed by atoms with Crippen molar-refractivity contribution in [3.05, 3.63) is 40.1 Å². The predicted molar refractivity (Wildman–Crippen MR) is 83.4 cm³/mol. The van der Waals surface area contributed by atoms with E-state index in [1.165, 1.54) is 11.8 Å². The van der Waals surface area contributed by atoms with Gasteiger partial charge in [-0.2, -0.15) is 0 Å². The predicted octanol–water partition coefficient (Wildman–Crippen LogP) is 3.21. The number of hydrogen-bond acceptors (Lipinski definition) is 5. The number of benzene rings is 1. The lowest BCUT2D eigenvalue weighted by Gasteiger charge is -2.05. The van der Waals surface area contributed by atoms with Gasteiger partial charge in [0.25, 0.3) is 0 Å². The zero-order valence-electron chi connectivity index (χ0n) is 11.3. The summed E-state index contributed by atoms with van der Waals surface area (Å²) in [5.74, 6) is 0.212. The van der Waals surface area contributed by atoms with Gasteiger partial charge in [0.1, 0.15) is 6.33 Å². The van der Waals surface area contributed by atoms with E-state index in [0.29, 0.717) is 33.9 Å². The molecule has 0 saturated carbocycles. The fraction of sp³-hybridized carbons (Fsp3) is 0.308. The van der Waals surface area contributed by atoms with Crippen molar-refractivity contribution >= 4 is 40.7 Å². The fourth-order valence-corrected chi connectivity index (χ4v) is 2.72.